The van der Waals surface area contributed by atoms with Crippen LogP contribution in [0.4, 0.5) is 0 Å². The summed E-state index contributed by atoms with van der Waals surface area (Å²) in [5.74, 6) is 0.992. The van der Waals surface area contributed by atoms with Crippen LogP contribution in [0.1, 0.15) is 13.3 Å². The van der Waals surface area contributed by atoms with Crippen molar-refractivity contribution in [2.24, 2.45) is 0 Å². The van der Waals surface area contributed by atoms with Crippen molar-refractivity contribution in [2.75, 3.05) is 33.1 Å². The number of rotatable bonds is 10. The molecule has 0 bridgehead atoms. The fourth-order valence-electron chi connectivity index (χ4n) is 2.04. The van der Waals surface area contributed by atoms with Gasteiger partial charge in [-0.25, -0.2) is 0 Å². The molecule has 0 spiro atoms. The maximum Gasteiger partial charge on any atom is 0.277 e. The Bertz CT molecular complexity index is 780. The molecule has 2 aromatic rings. The number of hydrogen-bond acceptors (Lipinski definition) is 8. The Labute approximate surface area is 161 Å². The van der Waals surface area contributed by atoms with Gasteiger partial charge < -0.3 is 24.5 Å². The topological polar surface area (TPSA) is 116 Å². The van der Waals surface area contributed by atoms with Gasteiger partial charge in [-0.1, -0.05) is 18.7 Å². The minimum atomic E-state index is -0.294. The molecule has 0 saturated carbocycles. The Morgan fingerprint density at radius 2 is 1.89 bits per heavy atom. The molecule has 0 saturated heterocycles. The van der Waals surface area contributed by atoms with E-state index in [1.807, 2.05) is 6.92 Å². The van der Waals surface area contributed by atoms with Crippen LogP contribution in [0.2, 0.25) is 0 Å². The monoisotopic (exact) mass is 394 g/mol. The quantitative estimate of drug-likeness (QED) is 0.582. The van der Waals surface area contributed by atoms with E-state index in [9.17, 15) is 9.59 Å². The average Bonchev–Trinajstić information content (AvgIpc) is 3.17. The van der Waals surface area contributed by atoms with Crippen molar-refractivity contribution in [3.63, 3.8) is 0 Å². The van der Waals surface area contributed by atoms with E-state index in [0.717, 1.165) is 18.2 Å². The highest BCUT2D eigenvalue weighted by atomic mass is 32.2. The smallest absolute Gasteiger partial charge is 0.277 e. The lowest BCUT2D eigenvalue weighted by Crippen LogP contribution is -2.37. The minimum Gasteiger partial charge on any atom is -0.493 e. The average molecular weight is 394 g/mol. The highest BCUT2D eigenvalue weighted by Gasteiger charge is 2.14. The SMILES string of the molecule is CCCNC(=O)CNC(=O)CSc1nnc(-c2ccc(OC)c(OC)c2)o1. The molecular formula is C17H22N4O5S. The number of nitrogens with zero attached hydrogens (tertiary/aromatic N) is 2. The van der Waals surface area contributed by atoms with Gasteiger partial charge in [-0.15, -0.1) is 10.2 Å². The van der Waals surface area contributed by atoms with Gasteiger partial charge in [0.1, 0.15) is 0 Å². The van der Waals surface area contributed by atoms with E-state index in [1.165, 1.54) is 7.11 Å². The van der Waals surface area contributed by atoms with Crippen molar-refractivity contribution in [3.05, 3.63) is 18.2 Å². The summed E-state index contributed by atoms with van der Waals surface area (Å²) in [4.78, 5) is 23.2. The Balaban J connectivity index is 1.87. The molecular weight excluding hydrogens is 372 g/mol. The minimum absolute atomic E-state index is 0.0554. The number of carbonyl (C=O) groups excluding carboxylic acids is 2. The van der Waals surface area contributed by atoms with Crippen LogP contribution in [-0.4, -0.2) is 55.1 Å². The summed E-state index contributed by atoms with van der Waals surface area (Å²) in [5, 5.41) is 13.4. The van der Waals surface area contributed by atoms with Crippen LogP contribution in [0.3, 0.4) is 0 Å². The number of methoxy groups -OCH3 is 2. The molecule has 2 rings (SSSR count). The summed E-state index contributed by atoms with van der Waals surface area (Å²) in [5.41, 5.74) is 0.670. The van der Waals surface area contributed by atoms with Gasteiger partial charge in [-0.2, -0.15) is 0 Å². The molecule has 2 amide bonds. The molecule has 0 aliphatic carbocycles. The van der Waals surface area contributed by atoms with Crippen LogP contribution >= 0.6 is 11.8 Å². The molecule has 0 atom stereocenters. The van der Waals surface area contributed by atoms with Crippen LogP contribution in [0, 0.1) is 0 Å². The Hall–Kier alpha value is -2.75. The predicted molar refractivity (Wildman–Crippen MR) is 99.9 cm³/mol. The lowest BCUT2D eigenvalue weighted by molar-refractivity contribution is -0.124. The summed E-state index contributed by atoms with van der Waals surface area (Å²) < 4.78 is 16.0. The molecule has 146 valence electrons. The number of hydrogen-bond donors (Lipinski definition) is 2. The highest BCUT2D eigenvalue weighted by molar-refractivity contribution is 7.99. The Morgan fingerprint density at radius 1 is 1.11 bits per heavy atom. The van der Waals surface area contributed by atoms with Gasteiger partial charge in [0.2, 0.25) is 17.7 Å². The normalized spacial score (nSPS) is 10.3. The van der Waals surface area contributed by atoms with Crippen LogP contribution in [-0.2, 0) is 9.59 Å². The second-order valence-electron chi connectivity index (χ2n) is 5.36. The van der Waals surface area contributed by atoms with Gasteiger partial charge in [0.05, 0.1) is 26.5 Å². The fraction of sp³-hybridized carbons (Fsp3) is 0.412. The van der Waals surface area contributed by atoms with E-state index in [0.29, 0.717) is 29.5 Å². The van der Waals surface area contributed by atoms with Crippen LogP contribution in [0.25, 0.3) is 11.5 Å². The van der Waals surface area contributed by atoms with Gasteiger partial charge in [0, 0.05) is 12.1 Å². The van der Waals surface area contributed by atoms with Gasteiger partial charge in [0.25, 0.3) is 5.22 Å². The molecule has 1 heterocycles. The zero-order valence-electron chi connectivity index (χ0n) is 15.4. The number of aromatic nitrogens is 2. The van der Waals surface area contributed by atoms with Gasteiger partial charge in [0.15, 0.2) is 11.5 Å². The zero-order valence-corrected chi connectivity index (χ0v) is 16.2. The fourth-order valence-corrected chi connectivity index (χ4v) is 2.63. The third kappa shape index (κ3) is 6.17. The third-order valence-corrected chi connectivity index (χ3v) is 4.20. The van der Waals surface area contributed by atoms with Crippen LogP contribution < -0.4 is 20.1 Å². The number of carbonyl (C=O) groups is 2. The second-order valence-corrected chi connectivity index (χ2v) is 6.28. The van der Waals surface area contributed by atoms with E-state index in [1.54, 1.807) is 25.3 Å². The second kappa shape index (κ2) is 10.4. The maximum absolute atomic E-state index is 11.8. The standard InChI is InChI=1S/C17H22N4O5S/c1-4-7-18-14(22)9-19-15(23)10-27-17-21-20-16(26-17)11-5-6-12(24-2)13(8-11)25-3/h5-6,8H,4,7,9-10H2,1-3H3,(H,18,22)(H,19,23). The first-order valence-electron chi connectivity index (χ1n) is 8.29. The van der Waals surface area contributed by atoms with E-state index >= 15 is 0 Å². The summed E-state index contributed by atoms with van der Waals surface area (Å²) in [6, 6.07) is 5.23. The van der Waals surface area contributed by atoms with Crippen LogP contribution in [0.5, 0.6) is 11.5 Å². The van der Waals surface area contributed by atoms with Gasteiger partial charge in [-0.3, -0.25) is 9.59 Å². The van der Waals surface area contributed by atoms with Crippen molar-refractivity contribution in [3.8, 4) is 23.0 Å². The predicted octanol–water partition coefficient (Wildman–Crippen LogP) is 1.49. The lowest BCUT2D eigenvalue weighted by atomic mass is 10.2. The van der Waals surface area contributed by atoms with Crippen molar-refractivity contribution in [1.29, 1.82) is 0 Å². The number of ether oxygens (including phenoxy) is 2. The van der Waals surface area contributed by atoms with Crippen molar-refractivity contribution < 1.29 is 23.5 Å². The molecule has 2 N–H and O–H groups in total. The summed E-state index contributed by atoms with van der Waals surface area (Å²) in [6.07, 6.45) is 0.842. The molecule has 0 aliphatic heterocycles. The van der Waals surface area contributed by atoms with E-state index < -0.39 is 0 Å². The molecule has 27 heavy (non-hydrogen) atoms. The number of amides is 2. The molecule has 0 aliphatic rings. The number of nitrogens with one attached hydrogen (secondary N) is 2. The van der Waals surface area contributed by atoms with Crippen LogP contribution in [0.15, 0.2) is 27.8 Å². The maximum atomic E-state index is 11.8. The Kier molecular flexibility index (Phi) is 7.93. The summed E-state index contributed by atoms with van der Waals surface area (Å²) in [6.45, 7) is 2.49. The highest BCUT2D eigenvalue weighted by Crippen LogP contribution is 2.32. The van der Waals surface area contributed by atoms with Crippen molar-refractivity contribution in [1.82, 2.24) is 20.8 Å². The van der Waals surface area contributed by atoms with E-state index in [2.05, 4.69) is 20.8 Å². The lowest BCUT2D eigenvalue weighted by Gasteiger charge is -2.07. The molecule has 0 fully saturated rings. The van der Waals surface area contributed by atoms with E-state index in [-0.39, 0.29) is 29.3 Å². The molecule has 1 aromatic heterocycles. The van der Waals surface area contributed by atoms with E-state index in [4.69, 9.17) is 13.9 Å². The Morgan fingerprint density at radius 3 is 2.59 bits per heavy atom. The first-order valence-corrected chi connectivity index (χ1v) is 9.28. The third-order valence-electron chi connectivity index (χ3n) is 3.38. The molecule has 0 unspecified atom stereocenters. The molecule has 1 aromatic carbocycles. The zero-order chi connectivity index (χ0) is 19.6. The molecule has 9 nitrogen and oxygen atoms in total. The summed E-state index contributed by atoms with van der Waals surface area (Å²) >= 11 is 1.09. The van der Waals surface area contributed by atoms with Gasteiger partial charge >= 0.3 is 0 Å². The number of thioether (sulfide) groups is 1. The molecule has 10 heteroatoms. The number of benzene rings is 1. The first kappa shape index (κ1) is 20.6. The van der Waals surface area contributed by atoms with Crippen molar-refractivity contribution in [2.45, 2.75) is 18.6 Å². The summed E-state index contributed by atoms with van der Waals surface area (Å²) in [7, 11) is 3.09. The first-order chi connectivity index (χ1) is 13.1. The largest absolute Gasteiger partial charge is 0.493 e. The molecule has 0 radical (unpaired) electrons. The van der Waals surface area contributed by atoms with Crippen molar-refractivity contribution >= 4 is 23.6 Å². The van der Waals surface area contributed by atoms with Gasteiger partial charge in [-0.05, 0) is 24.6 Å².